The van der Waals surface area contributed by atoms with Crippen LogP contribution in [0.4, 0.5) is 0 Å². The minimum absolute atomic E-state index is 0.234. The van der Waals surface area contributed by atoms with Gasteiger partial charge in [-0.15, -0.1) is 0 Å². The maximum atomic E-state index is 11.3. The maximum absolute atomic E-state index is 11.3. The number of imide groups is 2. The van der Waals surface area contributed by atoms with Crippen molar-refractivity contribution in [2.75, 3.05) is 39.5 Å². The molecule has 0 aromatic rings. The molecule has 2 rings (SSSR count). The zero-order valence-electron chi connectivity index (χ0n) is 12.6. The lowest BCUT2D eigenvalue weighted by molar-refractivity contribution is -0.139. The molecule has 0 saturated carbocycles. The Bertz CT molecular complexity index is 470. The Morgan fingerprint density at radius 3 is 1.30 bits per heavy atom. The maximum Gasteiger partial charge on any atom is 0.253 e. The highest BCUT2D eigenvalue weighted by Crippen LogP contribution is 2.03. The summed E-state index contributed by atoms with van der Waals surface area (Å²) >= 11 is 0. The van der Waals surface area contributed by atoms with Gasteiger partial charge in [-0.2, -0.15) is 0 Å². The van der Waals surface area contributed by atoms with Gasteiger partial charge in [0, 0.05) is 37.5 Å². The van der Waals surface area contributed by atoms with E-state index in [0.29, 0.717) is 19.6 Å². The summed E-state index contributed by atoms with van der Waals surface area (Å²) in [7, 11) is 0. The number of ether oxygens (including phenoxy) is 2. The molecule has 0 bridgehead atoms. The largest absolute Gasteiger partial charge is 0.380 e. The molecule has 0 aromatic heterocycles. The number of nitrogens with zero attached hydrogens (tertiary/aromatic N) is 2. The summed E-state index contributed by atoms with van der Waals surface area (Å²) in [6.45, 7) is 1.90. The minimum Gasteiger partial charge on any atom is -0.380 e. The summed E-state index contributed by atoms with van der Waals surface area (Å²) in [5.74, 6) is -1.27. The van der Waals surface area contributed by atoms with Gasteiger partial charge >= 0.3 is 0 Å². The smallest absolute Gasteiger partial charge is 0.253 e. The lowest BCUT2D eigenvalue weighted by Gasteiger charge is -2.14. The number of carbonyl (C=O) groups excluding carboxylic acids is 4. The molecule has 4 amide bonds. The van der Waals surface area contributed by atoms with Crippen LogP contribution in [0.5, 0.6) is 0 Å². The highest BCUT2D eigenvalue weighted by atomic mass is 16.5. The van der Waals surface area contributed by atoms with Crippen LogP contribution in [0.25, 0.3) is 0 Å². The zero-order chi connectivity index (χ0) is 16.7. The Kier molecular flexibility index (Phi) is 6.19. The van der Waals surface area contributed by atoms with Crippen LogP contribution in [0.2, 0.25) is 0 Å². The number of carbonyl (C=O) groups is 4. The van der Waals surface area contributed by atoms with Gasteiger partial charge in [0.25, 0.3) is 23.6 Å². The molecule has 8 nitrogen and oxygen atoms in total. The normalized spacial score (nSPS) is 17.2. The van der Waals surface area contributed by atoms with E-state index in [9.17, 15) is 19.2 Å². The average molecular weight is 322 g/mol. The standard InChI is InChI=1S/C15H18N2O6/c18-12-2-3-13(19)16(12)6-10-22-8-1-9-23-11-7-17-14(20)4-5-15(17)21/h2-5H,1,6-11H2. The van der Waals surface area contributed by atoms with E-state index < -0.39 is 0 Å². The SMILES string of the molecule is O=C1C=CC(=O)N1CCOCCCOCCN1C(=O)C=CC1=O. The van der Waals surface area contributed by atoms with Crippen molar-refractivity contribution in [3.05, 3.63) is 24.3 Å². The molecule has 23 heavy (non-hydrogen) atoms. The molecule has 0 aliphatic carbocycles. The number of rotatable bonds is 10. The van der Waals surface area contributed by atoms with E-state index in [1.807, 2.05) is 0 Å². The Balaban J connectivity index is 1.43. The molecule has 0 radical (unpaired) electrons. The van der Waals surface area contributed by atoms with Gasteiger partial charge in [-0.1, -0.05) is 0 Å². The zero-order valence-corrected chi connectivity index (χ0v) is 12.6. The molecule has 2 aliphatic rings. The van der Waals surface area contributed by atoms with Crippen molar-refractivity contribution < 1.29 is 28.7 Å². The molecule has 2 aliphatic heterocycles. The lowest BCUT2D eigenvalue weighted by Crippen LogP contribution is -2.33. The van der Waals surface area contributed by atoms with Gasteiger partial charge in [-0.05, 0) is 6.42 Å². The summed E-state index contributed by atoms with van der Waals surface area (Å²) in [5, 5.41) is 0. The molecule has 8 heteroatoms. The molecule has 124 valence electrons. The van der Waals surface area contributed by atoms with Crippen molar-refractivity contribution in [3.63, 3.8) is 0 Å². The van der Waals surface area contributed by atoms with E-state index in [2.05, 4.69) is 0 Å². The van der Waals surface area contributed by atoms with Gasteiger partial charge in [0.05, 0.1) is 26.3 Å². The van der Waals surface area contributed by atoms with Gasteiger partial charge in [0.15, 0.2) is 0 Å². The molecule has 2 heterocycles. The Morgan fingerprint density at radius 2 is 0.957 bits per heavy atom. The fraction of sp³-hybridized carbons (Fsp3) is 0.467. The van der Waals surface area contributed by atoms with Crippen molar-refractivity contribution in [2.45, 2.75) is 6.42 Å². The molecule has 0 unspecified atom stereocenters. The summed E-state index contributed by atoms with van der Waals surface area (Å²) in [6.07, 6.45) is 5.59. The fourth-order valence-corrected chi connectivity index (χ4v) is 2.08. The van der Waals surface area contributed by atoms with E-state index in [4.69, 9.17) is 9.47 Å². The highest BCUT2D eigenvalue weighted by Gasteiger charge is 2.23. The second-order valence-electron chi connectivity index (χ2n) is 4.90. The predicted molar refractivity (Wildman–Crippen MR) is 78.0 cm³/mol. The third kappa shape index (κ3) is 4.83. The van der Waals surface area contributed by atoms with Crippen LogP contribution in [0.1, 0.15) is 6.42 Å². The first-order valence-corrected chi connectivity index (χ1v) is 7.32. The van der Waals surface area contributed by atoms with Crippen LogP contribution in [0.3, 0.4) is 0 Å². The second-order valence-corrected chi connectivity index (χ2v) is 4.90. The average Bonchev–Trinajstić information content (AvgIpc) is 3.02. The van der Waals surface area contributed by atoms with E-state index in [1.54, 1.807) is 0 Å². The second kappa shape index (κ2) is 8.35. The summed E-state index contributed by atoms with van der Waals surface area (Å²) in [5.41, 5.74) is 0. The number of hydrogen-bond acceptors (Lipinski definition) is 6. The molecule has 0 spiro atoms. The first-order valence-electron chi connectivity index (χ1n) is 7.32. The van der Waals surface area contributed by atoms with Crippen LogP contribution in [-0.4, -0.2) is 72.9 Å². The summed E-state index contributed by atoms with van der Waals surface area (Å²) in [4.78, 5) is 47.3. The van der Waals surface area contributed by atoms with Crippen molar-refractivity contribution in [1.29, 1.82) is 0 Å². The van der Waals surface area contributed by atoms with E-state index in [-0.39, 0.29) is 49.9 Å². The van der Waals surface area contributed by atoms with Crippen LogP contribution >= 0.6 is 0 Å². The van der Waals surface area contributed by atoms with Gasteiger partial charge in [-0.3, -0.25) is 29.0 Å². The highest BCUT2D eigenvalue weighted by molar-refractivity contribution is 6.13. The molecule has 0 aromatic carbocycles. The van der Waals surface area contributed by atoms with Crippen molar-refractivity contribution in [2.24, 2.45) is 0 Å². The third-order valence-corrected chi connectivity index (χ3v) is 3.30. The van der Waals surface area contributed by atoms with E-state index >= 15 is 0 Å². The first kappa shape index (κ1) is 17.0. The Hall–Kier alpha value is -2.32. The fourth-order valence-electron chi connectivity index (χ4n) is 2.08. The lowest BCUT2D eigenvalue weighted by atomic mass is 10.5. The van der Waals surface area contributed by atoms with Crippen molar-refractivity contribution in [1.82, 2.24) is 9.80 Å². The van der Waals surface area contributed by atoms with Crippen molar-refractivity contribution >= 4 is 23.6 Å². The topological polar surface area (TPSA) is 93.2 Å². The quantitative estimate of drug-likeness (QED) is 0.388. The monoisotopic (exact) mass is 322 g/mol. The van der Waals surface area contributed by atoms with Crippen LogP contribution in [-0.2, 0) is 28.7 Å². The van der Waals surface area contributed by atoms with E-state index in [1.165, 1.54) is 24.3 Å². The molecular weight excluding hydrogens is 304 g/mol. The molecular formula is C15H18N2O6. The van der Waals surface area contributed by atoms with Gasteiger partial charge < -0.3 is 9.47 Å². The van der Waals surface area contributed by atoms with Gasteiger partial charge in [-0.25, -0.2) is 0 Å². The summed E-state index contributed by atoms with van der Waals surface area (Å²) < 4.78 is 10.6. The van der Waals surface area contributed by atoms with Gasteiger partial charge in [0.2, 0.25) is 0 Å². The predicted octanol–water partition coefficient (Wildman–Crippen LogP) is -0.740. The summed E-state index contributed by atoms with van der Waals surface area (Å²) in [6, 6.07) is 0. The van der Waals surface area contributed by atoms with Crippen LogP contribution < -0.4 is 0 Å². The van der Waals surface area contributed by atoms with Crippen LogP contribution in [0.15, 0.2) is 24.3 Å². The van der Waals surface area contributed by atoms with Crippen LogP contribution in [0, 0.1) is 0 Å². The van der Waals surface area contributed by atoms with Gasteiger partial charge in [0.1, 0.15) is 0 Å². The van der Waals surface area contributed by atoms with Crippen molar-refractivity contribution in [3.8, 4) is 0 Å². The number of amides is 4. The Labute approximate surface area is 133 Å². The first-order chi connectivity index (χ1) is 11.1. The molecule has 0 atom stereocenters. The Morgan fingerprint density at radius 1 is 0.609 bits per heavy atom. The van der Waals surface area contributed by atoms with E-state index in [0.717, 1.165) is 9.80 Å². The third-order valence-electron chi connectivity index (χ3n) is 3.30. The minimum atomic E-state index is -0.317. The molecule has 0 saturated heterocycles. The molecule has 0 N–H and O–H groups in total. The number of hydrogen-bond donors (Lipinski definition) is 0. The molecule has 0 fully saturated rings.